The molecule has 31 heavy (non-hydrogen) atoms. The van der Waals surface area contributed by atoms with Crippen LogP contribution in [0, 0.1) is 0 Å². The first-order chi connectivity index (χ1) is 15.0. The van der Waals surface area contributed by atoms with Gasteiger partial charge >= 0.3 is 0 Å². The molecular weight excluding hydrogens is 432 g/mol. The molecule has 2 aromatic heterocycles. The maximum Gasteiger partial charge on any atom is 0.263 e. The number of thiophene rings is 1. The number of hydrogen-bond acceptors (Lipinski definition) is 6. The fourth-order valence-electron chi connectivity index (χ4n) is 3.63. The molecule has 0 aliphatic heterocycles. The van der Waals surface area contributed by atoms with Crippen LogP contribution in [0.4, 0.5) is 11.4 Å². The van der Waals surface area contributed by atoms with Gasteiger partial charge in [-0.05, 0) is 49.1 Å². The van der Waals surface area contributed by atoms with Crippen molar-refractivity contribution in [3.63, 3.8) is 0 Å². The van der Waals surface area contributed by atoms with Gasteiger partial charge in [0.15, 0.2) is 5.16 Å². The van der Waals surface area contributed by atoms with Crippen molar-refractivity contribution in [1.29, 1.82) is 0 Å². The van der Waals surface area contributed by atoms with Crippen LogP contribution in [0.15, 0.2) is 46.9 Å². The van der Waals surface area contributed by atoms with E-state index in [9.17, 15) is 14.4 Å². The van der Waals surface area contributed by atoms with Crippen molar-refractivity contribution < 1.29 is 9.59 Å². The van der Waals surface area contributed by atoms with Crippen molar-refractivity contribution in [3.8, 4) is 0 Å². The summed E-state index contributed by atoms with van der Waals surface area (Å²) in [6.07, 6.45) is 4.68. The summed E-state index contributed by atoms with van der Waals surface area (Å²) in [5.74, 6) is -0.238. The lowest BCUT2D eigenvalue weighted by Crippen LogP contribution is -2.24. The third-order valence-electron chi connectivity index (χ3n) is 4.92. The number of anilines is 2. The number of amides is 2. The molecule has 1 aliphatic carbocycles. The molecule has 0 saturated heterocycles. The van der Waals surface area contributed by atoms with Crippen LogP contribution in [0.5, 0.6) is 0 Å². The number of nitrogens with one attached hydrogen (secondary N) is 2. The summed E-state index contributed by atoms with van der Waals surface area (Å²) in [6, 6.07) is 6.88. The molecule has 0 fully saturated rings. The third-order valence-corrected chi connectivity index (χ3v) is 7.08. The van der Waals surface area contributed by atoms with Gasteiger partial charge in [0.05, 0.1) is 11.1 Å². The maximum absolute atomic E-state index is 13.1. The number of allylic oxidation sites excluding steroid dienone is 1. The van der Waals surface area contributed by atoms with E-state index in [-0.39, 0.29) is 23.1 Å². The van der Waals surface area contributed by atoms with Crippen molar-refractivity contribution in [2.45, 2.75) is 37.9 Å². The van der Waals surface area contributed by atoms with Gasteiger partial charge in [-0.15, -0.1) is 17.9 Å². The van der Waals surface area contributed by atoms with Crippen LogP contribution in [-0.4, -0.2) is 27.1 Å². The zero-order valence-corrected chi connectivity index (χ0v) is 18.7. The highest BCUT2D eigenvalue weighted by Gasteiger charge is 2.23. The normalized spacial score (nSPS) is 12.5. The van der Waals surface area contributed by atoms with Gasteiger partial charge in [0.1, 0.15) is 4.83 Å². The van der Waals surface area contributed by atoms with E-state index in [1.54, 1.807) is 46.2 Å². The number of fused-ring (bicyclic) bond motifs is 3. The minimum atomic E-state index is -0.203. The molecule has 1 aromatic carbocycles. The van der Waals surface area contributed by atoms with Crippen LogP contribution < -0.4 is 16.2 Å². The molecule has 1 aliphatic rings. The predicted octanol–water partition coefficient (Wildman–Crippen LogP) is 3.82. The highest BCUT2D eigenvalue weighted by Crippen LogP contribution is 2.35. The van der Waals surface area contributed by atoms with E-state index in [4.69, 9.17) is 4.98 Å². The molecule has 0 unspecified atom stereocenters. The smallest absolute Gasteiger partial charge is 0.263 e. The fraction of sp³-hybridized carbons (Fsp3) is 0.273. The molecule has 4 rings (SSSR count). The Morgan fingerprint density at radius 1 is 1.23 bits per heavy atom. The molecule has 0 bridgehead atoms. The first-order valence-corrected chi connectivity index (χ1v) is 11.7. The summed E-state index contributed by atoms with van der Waals surface area (Å²) in [5.41, 5.74) is 2.38. The number of rotatable bonds is 7. The van der Waals surface area contributed by atoms with Gasteiger partial charge in [0.2, 0.25) is 11.8 Å². The lowest BCUT2D eigenvalue weighted by atomic mass is 10.2. The zero-order chi connectivity index (χ0) is 22.0. The Kier molecular flexibility index (Phi) is 6.24. The van der Waals surface area contributed by atoms with Crippen molar-refractivity contribution in [3.05, 3.63) is 57.7 Å². The molecule has 0 spiro atoms. The van der Waals surface area contributed by atoms with Gasteiger partial charge in [-0.25, -0.2) is 4.98 Å². The van der Waals surface area contributed by atoms with Gasteiger partial charge in [-0.1, -0.05) is 17.8 Å². The van der Waals surface area contributed by atoms with Crippen LogP contribution in [0.2, 0.25) is 0 Å². The largest absolute Gasteiger partial charge is 0.326 e. The molecule has 0 saturated carbocycles. The van der Waals surface area contributed by atoms with Crippen molar-refractivity contribution in [1.82, 2.24) is 9.55 Å². The molecule has 160 valence electrons. The number of carbonyl (C=O) groups excluding carboxylic acids is 2. The Bertz CT molecular complexity index is 1230. The second kappa shape index (κ2) is 9.07. The minimum absolute atomic E-state index is 0.0548. The van der Waals surface area contributed by atoms with E-state index in [1.165, 1.54) is 23.6 Å². The number of thioether (sulfide) groups is 1. The third kappa shape index (κ3) is 4.57. The summed E-state index contributed by atoms with van der Waals surface area (Å²) in [7, 11) is 0. The minimum Gasteiger partial charge on any atom is -0.326 e. The molecule has 2 heterocycles. The average molecular weight is 455 g/mol. The van der Waals surface area contributed by atoms with Crippen LogP contribution in [0.3, 0.4) is 0 Å². The van der Waals surface area contributed by atoms with Crippen LogP contribution in [0.1, 0.15) is 23.8 Å². The highest BCUT2D eigenvalue weighted by atomic mass is 32.2. The fourth-order valence-corrected chi connectivity index (χ4v) is 5.74. The predicted molar refractivity (Wildman–Crippen MR) is 126 cm³/mol. The second-order valence-electron chi connectivity index (χ2n) is 7.23. The van der Waals surface area contributed by atoms with Gasteiger partial charge in [0, 0.05) is 29.7 Å². The number of aryl methyl sites for hydroxylation is 2. The number of benzene rings is 1. The Hall–Kier alpha value is -2.91. The first kappa shape index (κ1) is 21.3. The highest BCUT2D eigenvalue weighted by molar-refractivity contribution is 7.99. The second-order valence-corrected chi connectivity index (χ2v) is 9.26. The average Bonchev–Trinajstić information content (AvgIpc) is 3.31. The Balaban J connectivity index is 1.50. The summed E-state index contributed by atoms with van der Waals surface area (Å²) >= 11 is 2.83. The molecule has 2 N–H and O–H groups in total. The molecule has 7 nitrogen and oxygen atoms in total. The van der Waals surface area contributed by atoms with Gasteiger partial charge < -0.3 is 10.6 Å². The van der Waals surface area contributed by atoms with E-state index in [2.05, 4.69) is 17.2 Å². The van der Waals surface area contributed by atoms with E-state index in [0.29, 0.717) is 23.1 Å². The Morgan fingerprint density at radius 3 is 2.61 bits per heavy atom. The molecule has 3 aromatic rings. The topological polar surface area (TPSA) is 93.1 Å². The van der Waals surface area contributed by atoms with Crippen molar-refractivity contribution in [2.24, 2.45) is 0 Å². The first-order valence-electron chi connectivity index (χ1n) is 9.92. The van der Waals surface area contributed by atoms with Gasteiger partial charge in [-0.2, -0.15) is 0 Å². The van der Waals surface area contributed by atoms with Crippen molar-refractivity contribution in [2.75, 3.05) is 16.4 Å². The molecule has 2 amide bonds. The molecular formula is C22H22N4O3S2. The van der Waals surface area contributed by atoms with Crippen LogP contribution in [-0.2, 0) is 29.0 Å². The van der Waals surface area contributed by atoms with Crippen LogP contribution >= 0.6 is 23.1 Å². The number of carbonyl (C=O) groups is 2. The molecule has 9 heteroatoms. The van der Waals surface area contributed by atoms with E-state index < -0.39 is 0 Å². The van der Waals surface area contributed by atoms with E-state index in [1.807, 2.05) is 0 Å². The number of hydrogen-bond donors (Lipinski definition) is 2. The Morgan fingerprint density at radius 2 is 1.94 bits per heavy atom. The summed E-state index contributed by atoms with van der Waals surface area (Å²) in [5, 5.41) is 6.75. The summed E-state index contributed by atoms with van der Waals surface area (Å²) in [6.45, 7) is 5.54. The maximum atomic E-state index is 13.1. The quantitative estimate of drug-likeness (QED) is 0.322. The van der Waals surface area contributed by atoms with Gasteiger partial charge in [-0.3, -0.25) is 19.0 Å². The number of nitrogens with zero attached hydrogens (tertiary/aromatic N) is 2. The SMILES string of the molecule is C=CCn1c(SCC(=O)Nc2ccc(NC(C)=O)cc2)nc2sc3c(c2c1=O)CCC3. The Labute approximate surface area is 187 Å². The monoisotopic (exact) mass is 454 g/mol. The molecule has 0 radical (unpaired) electrons. The number of aromatic nitrogens is 2. The zero-order valence-electron chi connectivity index (χ0n) is 17.1. The van der Waals surface area contributed by atoms with Crippen molar-refractivity contribution >= 4 is 56.5 Å². The lowest BCUT2D eigenvalue weighted by Gasteiger charge is -2.11. The van der Waals surface area contributed by atoms with Gasteiger partial charge in [0.25, 0.3) is 5.56 Å². The standard InChI is InChI=1S/C22H22N4O3S2/c1-3-11-26-21(29)19-16-5-4-6-17(16)31-20(19)25-22(26)30-12-18(28)24-15-9-7-14(8-10-15)23-13(2)27/h3,7-10H,1,4-6,11-12H2,2H3,(H,23,27)(H,24,28). The molecule has 0 atom stereocenters. The van der Waals surface area contributed by atoms with E-state index >= 15 is 0 Å². The van der Waals surface area contributed by atoms with Crippen LogP contribution in [0.25, 0.3) is 10.2 Å². The van der Waals surface area contributed by atoms with E-state index in [0.717, 1.165) is 35.0 Å². The lowest BCUT2D eigenvalue weighted by molar-refractivity contribution is -0.114. The summed E-state index contributed by atoms with van der Waals surface area (Å²) < 4.78 is 1.60. The summed E-state index contributed by atoms with van der Waals surface area (Å²) in [4.78, 5) is 43.4.